The largest absolute Gasteiger partial charge is 0.396 e. The second-order valence-corrected chi connectivity index (χ2v) is 4.07. The number of rotatable bonds is 6. The number of nitrogen functional groups attached to an aromatic ring is 1. The van der Waals surface area contributed by atoms with Crippen molar-refractivity contribution in [1.29, 1.82) is 0 Å². The lowest BCUT2D eigenvalue weighted by atomic mass is 10.2. The van der Waals surface area contributed by atoms with Crippen molar-refractivity contribution in [3.63, 3.8) is 0 Å². The Morgan fingerprint density at radius 3 is 2.89 bits per heavy atom. The molecule has 1 aromatic rings. The average Bonchev–Trinajstić information content (AvgIpc) is 2.37. The lowest BCUT2D eigenvalue weighted by Crippen LogP contribution is -2.28. The monoisotopic (exact) mass is 255 g/mol. The maximum Gasteiger partial charge on any atom is 0.256 e. The van der Waals surface area contributed by atoms with Crippen LogP contribution < -0.4 is 5.73 Å². The molecule has 0 spiro atoms. The molecular formula is C12H18FN3O2. The number of hydrogen-bond donors (Lipinski definition) is 2. The second kappa shape index (κ2) is 6.90. The van der Waals surface area contributed by atoms with Gasteiger partial charge in [0.15, 0.2) is 11.6 Å². The fourth-order valence-electron chi connectivity index (χ4n) is 1.57. The number of unbranched alkanes of at least 4 members (excludes halogenated alkanes) is 2. The van der Waals surface area contributed by atoms with Gasteiger partial charge in [-0.1, -0.05) is 0 Å². The molecule has 1 heterocycles. The molecule has 0 saturated carbocycles. The molecule has 1 amide bonds. The lowest BCUT2D eigenvalue weighted by molar-refractivity contribution is 0.0787. The number of anilines is 1. The number of amides is 1. The topological polar surface area (TPSA) is 79.5 Å². The summed E-state index contributed by atoms with van der Waals surface area (Å²) < 4.78 is 13.6. The highest BCUT2D eigenvalue weighted by Crippen LogP contribution is 2.14. The van der Waals surface area contributed by atoms with E-state index in [1.165, 1.54) is 17.2 Å². The van der Waals surface area contributed by atoms with Gasteiger partial charge in [0.2, 0.25) is 0 Å². The fourth-order valence-corrected chi connectivity index (χ4v) is 1.57. The molecular weight excluding hydrogens is 237 g/mol. The van der Waals surface area contributed by atoms with E-state index in [1.54, 1.807) is 7.05 Å². The minimum atomic E-state index is -0.773. The van der Waals surface area contributed by atoms with Gasteiger partial charge in [0, 0.05) is 26.4 Å². The Bertz CT molecular complexity index is 412. The summed E-state index contributed by atoms with van der Waals surface area (Å²) in [4.78, 5) is 16.9. The molecule has 6 heteroatoms. The average molecular weight is 255 g/mol. The highest BCUT2D eigenvalue weighted by Gasteiger charge is 2.17. The molecule has 0 fully saturated rings. The van der Waals surface area contributed by atoms with Gasteiger partial charge < -0.3 is 15.7 Å². The third-order valence-electron chi connectivity index (χ3n) is 2.64. The number of nitrogens with two attached hydrogens (primary N) is 1. The van der Waals surface area contributed by atoms with Crippen LogP contribution in [0.3, 0.4) is 0 Å². The quantitative estimate of drug-likeness (QED) is 0.744. The van der Waals surface area contributed by atoms with Crippen LogP contribution in [0.4, 0.5) is 10.2 Å². The Morgan fingerprint density at radius 1 is 1.50 bits per heavy atom. The van der Waals surface area contributed by atoms with Crippen molar-refractivity contribution in [2.45, 2.75) is 19.3 Å². The number of pyridine rings is 1. The van der Waals surface area contributed by atoms with E-state index in [-0.39, 0.29) is 18.0 Å². The molecule has 5 nitrogen and oxygen atoms in total. The van der Waals surface area contributed by atoms with E-state index in [0.717, 1.165) is 12.8 Å². The van der Waals surface area contributed by atoms with E-state index in [9.17, 15) is 9.18 Å². The van der Waals surface area contributed by atoms with Crippen LogP contribution in [0.5, 0.6) is 0 Å². The SMILES string of the molecule is CN(CCCCCO)C(=O)c1ccnc(N)c1F. The standard InChI is InChI=1S/C12H18FN3O2/c1-16(7-3-2-4-8-17)12(18)9-5-6-15-11(14)10(9)13/h5-6,17H,2-4,7-8H2,1H3,(H2,14,15). The first-order valence-corrected chi connectivity index (χ1v) is 5.84. The summed E-state index contributed by atoms with van der Waals surface area (Å²) in [5.74, 6) is -1.45. The Balaban J connectivity index is 2.60. The summed E-state index contributed by atoms with van der Waals surface area (Å²) in [7, 11) is 1.61. The molecule has 0 aromatic carbocycles. The van der Waals surface area contributed by atoms with Gasteiger partial charge in [-0.25, -0.2) is 9.37 Å². The Kier molecular flexibility index (Phi) is 5.51. The molecule has 1 aromatic heterocycles. The smallest absolute Gasteiger partial charge is 0.256 e. The van der Waals surface area contributed by atoms with Gasteiger partial charge in [-0.15, -0.1) is 0 Å². The zero-order chi connectivity index (χ0) is 13.5. The second-order valence-electron chi connectivity index (χ2n) is 4.07. The van der Waals surface area contributed by atoms with Crippen LogP contribution in [0.2, 0.25) is 0 Å². The van der Waals surface area contributed by atoms with E-state index in [1.807, 2.05) is 0 Å². The highest BCUT2D eigenvalue weighted by atomic mass is 19.1. The zero-order valence-corrected chi connectivity index (χ0v) is 10.4. The molecule has 0 radical (unpaired) electrons. The number of nitrogens with zero attached hydrogens (tertiary/aromatic N) is 2. The van der Waals surface area contributed by atoms with Crippen molar-refractivity contribution in [2.24, 2.45) is 0 Å². The van der Waals surface area contributed by atoms with Gasteiger partial charge in [0.1, 0.15) is 0 Å². The van der Waals surface area contributed by atoms with Crippen molar-refractivity contribution in [1.82, 2.24) is 9.88 Å². The summed E-state index contributed by atoms with van der Waals surface area (Å²) in [5.41, 5.74) is 5.25. The number of hydrogen-bond acceptors (Lipinski definition) is 4. The van der Waals surface area contributed by atoms with Crippen molar-refractivity contribution in [3.8, 4) is 0 Å². The maximum atomic E-state index is 13.6. The molecule has 100 valence electrons. The summed E-state index contributed by atoms with van der Waals surface area (Å²) in [6.45, 7) is 0.660. The summed E-state index contributed by atoms with van der Waals surface area (Å²) in [6, 6.07) is 1.32. The van der Waals surface area contributed by atoms with E-state index >= 15 is 0 Å². The first-order valence-electron chi connectivity index (χ1n) is 5.84. The van der Waals surface area contributed by atoms with Crippen LogP contribution in [0.15, 0.2) is 12.3 Å². The van der Waals surface area contributed by atoms with Crippen LogP contribution in [0.1, 0.15) is 29.6 Å². The normalized spacial score (nSPS) is 10.4. The number of aliphatic hydroxyl groups is 1. The predicted octanol–water partition coefficient (Wildman–Crippen LogP) is 1.04. The van der Waals surface area contributed by atoms with Crippen molar-refractivity contribution in [3.05, 3.63) is 23.6 Å². The zero-order valence-electron chi connectivity index (χ0n) is 10.4. The highest BCUT2D eigenvalue weighted by molar-refractivity contribution is 5.94. The minimum Gasteiger partial charge on any atom is -0.396 e. The molecule has 0 atom stereocenters. The van der Waals surface area contributed by atoms with E-state index < -0.39 is 11.7 Å². The summed E-state index contributed by atoms with van der Waals surface area (Å²) in [5, 5.41) is 8.63. The Hall–Kier alpha value is -1.69. The van der Waals surface area contributed by atoms with Gasteiger partial charge in [-0.2, -0.15) is 0 Å². The molecule has 3 N–H and O–H groups in total. The Labute approximate surface area is 105 Å². The van der Waals surface area contributed by atoms with Crippen LogP contribution in [-0.4, -0.2) is 41.1 Å². The molecule has 18 heavy (non-hydrogen) atoms. The fraction of sp³-hybridized carbons (Fsp3) is 0.500. The van der Waals surface area contributed by atoms with E-state index in [0.29, 0.717) is 13.0 Å². The van der Waals surface area contributed by atoms with Gasteiger partial charge in [0.05, 0.1) is 5.56 Å². The molecule has 0 saturated heterocycles. The van der Waals surface area contributed by atoms with Crippen molar-refractivity contribution >= 4 is 11.7 Å². The molecule has 0 aliphatic heterocycles. The van der Waals surface area contributed by atoms with E-state index in [2.05, 4.69) is 4.98 Å². The first kappa shape index (κ1) is 14.4. The number of halogens is 1. The summed E-state index contributed by atoms with van der Waals surface area (Å²) in [6.07, 6.45) is 3.61. The lowest BCUT2D eigenvalue weighted by Gasteiger charge is -2.17. The number of aliphatic hydroxyl groups excluding tert-OH is 1. The summed E-state index contributed by atoms with van der Waals surface area (Å²) >= 11 is 0. The molecule has 0 bridgehead atoms. The predicted molar refractivity (Wildman–Crippen MR) is 66.5 cm³/mol. The van der Waals surface area contributed by atoms with Crippen LogP contribution in [0, 0.1) is 5.82 Å². The third kappa shape index (κ3) is 3.66. The number of aromatic nitrogens is 1. The molecule has 0 unspecified atom stereocenters. The van der Waals surface area contributed by atoms with Crippen molar-refractivity contribution < 1.29 is 14.3 Å². The third-order valence-corrected chi connectivity index (χ3v) is 2.64. The number of carbonyl (C=O) groups is 1. The molecule has 0 aliphatic rings. The van der Waals surface area contributed by atoms with Crippen molar-refractivity contribution in [2.75, 3.05) is 25.9 Å². The minimum absolute atomic E-state index is 0.0628. The van der Waals surface area contributed by atoms with Gasteiger partial charge in [0.25, 0.3) is 5.91 Å². The van der Waals surface area contributed by atoms with E-state index in [4.69, 9.17) is 10.8 Å². The molecule has 1 rings (SSSR count). The van der Waals surface area contributed by atoms with Crippen LogP contribution in [-0.2, 0) is 0 Å². The van der Waals surface area contributed by atoms with Crippen LogP contribution >= 0.6 is 0 Å². The Morgan fingerprint density at radius 2 is 2.22 bits per heavy atom. The first-order chi connectivity index (χ1) is 8.57. The van der Waals surface area contributed by atoms with Crippen LogP contribution in [0.25, 0.3) is 0 Å². The van der Waals surface area contributed by atoms with Gasteiger partial charge in [-0.3, -0.25) is 4.79 Å². The maximum absolute atomic E-state index is 13.6. The number of carbonyl (C=O) groups excluding carboxylic acids is 1. The van der Waals surface area contributed by atoms with Gasteiger partial charge >= 0.3 is 0 Å². The molecule has 0 aliphatic carbocycles. The van der Waals surface area contributed by atoms with Gasteiger partial charge in [-0.05, 0) is 25.3 Å².